The van der Waals surface area contributed by atoms with Crippen LogP contribution in [0.4, 0.5) is 0 Å². The van der Waals surface area contributed by atoms with Gasteiger partial charge in [-0.2, -0.15) is 5.26 Å². The fraction of sp³-hybridized carbons (Fsp3) is 0.400. The van der Waals surface area contributed by atoms with Gasteiger partial charge in [-0.3, -0.25) is 0 Å². The summed E-state index contributed by atoms with van der Waals surface area (Å²) in [6, 6.07) is 3.83. The number of hydrogen-bond donors (Lipinski definition) is 1. The second kappa shape index (κ2) is 5.20. The Morgan fingerprint density at radius 1 is 1.64 bits per heavy atom. The average Bonchev–Trinajstić information content (AvgIpc) is 2.18. The van der Waals surface area contributed by atoms with Gasteiger partial charge in [0.15, 0.2) is 0 Å². The maximum absolute atomic E-state index is 8.66. The van der Waals surface area contributed by atoms with Gasteiger partial charge in [-0.25, -0.2) is 4.98 Å². The summed E-state index contributed by atoms with van der Waals surface area (Å²) in [4.78, 5) is 3.97. The van der Waals surface area contributed by atoms with Crippen molar-refractivity contribution < 1.29 is 4.74 Å². The fourth-order valence-electron chi connectivity index (χ4n) is 1.02. The number of aromatic nitrogens is 1. The van der Waals surface area contributed by atoms with Gasteiger partial charge in [0.2, 0.25) is 0 Å². The van der Waals surface area contributed by atoms with Crippen molar-refractivity contribution in [3.63, 3.8) is 0 Å². The van der Waals surface area contributed by atoms with Crippen molar-refractivity contribution in [3.05, 3.63) is 23.5 Å². The summed E-state index contributed by atoms with van der Waals surface area (Å²) >= 11 is 0. The van der Waals surface area contributed by atoms with E-state index in [9.17, 15) is 0 Å². The zero-order chi connectivity index (χ0) is 10.4. The molecule has 0 fully saturated rings. The normalized spacial score (nSPS) is 9.50. The predicted octanol–water partition coefficient (Wildman–Crippen LogP) is 0.860. The number of likely N-dealkylation sites (N-methyl/N-ethyl adjacent to an activating group) is 1. The molecule has 0 atom stereocenters. The molecule has 1 aromatic heterocycles. The van der Waals surface area contributed by atoms with Crippen molar-refractivity contribution in [1.82, 2.24) is 10.3 Å². The predicted molar refractivity (Wildman–Crippen MR) is 53.1 cm³/mol. The third kappa shape index (κ3) is 2.71. The maximum atomic E-state index is 8.66. The smallest absolute Gasteiger partial charge is 0.143 e. The molecule has 0 aliphatic heterocycles. The summed E-state index contributed by atoms with van der Waals surface area (Å²) in [5.41, 5.74) is 1.29. The minimum Gasteiger partial charge on any atom is -0.491 e. The molecule has 0 saturated carbocycles. The molecule has 0 radical (unpaired) electrons. The second-order valence-electron chi connectivity index (χ2n) is 2.90. The molecule has 0 saturated heterocycles. The first-order valence-electron chi connectivity index (χ1n) is 4.42. The van der Waals surface area contributed by atoms with E-state index in [4.69, 9.17) is 10.00 Å². The first-order valence-corrected chi connectivity index (χ1v) is 4.42. The van der Waals surface area contributed by atoms with E-state index in [1.54, 1.807) is 6.20 Å². The largest absolute Gasteiger partial charge is 0.491 e. The highest BCUT2D eigenvalue weighted by atomic mass is 16.5. The lowest BCUT2D eigenvalue weighted by Gasteiger charge is -2.06. The van der Waals surface area contributed by atoms with E-state index in [1.165, 1.54) is 0 Å². The zero-order valence-corrected chi connectivity index (χ0v) is 8.37. The number of pyridine rings is 1. The van der Waals surface area contributed by atoms with Gasteiger partial charge in [0.25, 0.3) is 0 Å². The van der Waals surface area contributed by atoms with Crippen molar-refractivity contribution in [2.45, 2.75) is 6.92 Å². The number of nitrogens with one attached hydrogen (secondary N) is 1. The van der Waals surface area contributed by atoms with Crippen LogP contribution in [0.2, 0.25) is 0 Å². The molecule has 14 heavy (non-hydrogen) atoms. The summed E-state index contributed by atoms with van der Waals surface area (Å²) < 4.78 is 5.39. The van der Waals surface area contributed by atoms with Crippen LogP contribution in [0, 0.1) is 18.3 Å². The third-order valence-corrected chi connectivity index (χ3v) is 1.78. The highest BCUT2D eigenvalue weighted by Gasteiger charge is 2.00. The number of nitriles is 1. The van der Waals surface area contributed by atoms with Gasteiger partial charge in [-0.05, 0) is 25.6 Å². The Kier molecular flexibility index (Phi) is 3.89. The highest BCUT2D eigenvalue weighted by molar-refractivity contribution is 5.35. The van der Waals surface area contributed by atoms with Crippen molar-refractivity contribution in [2.75, 3.05) is 20.2 Å². The minimum absolute atomic E-state index is 0.450. The molecule has 1 rings (SSSR count). The monoisotopic (exact) mass is 191 g/mol. The molecule has 74 valence electrons. The van der Waals surface area contributed by atoms with Gasteiger partial charge >= 0.3 is 0 Å². The third-order valence-electron chi connectivity index (χ3n) is 1.78. The number of rotatable bonds is 4. The molecule has 0 unspecified atom stereocenters. The lowest BCUT2D eigenvalue weighted by Crippen LogP contribution is -2.16. The Balaban J connectivity index is 2.63. The van der Waals surface area contributed by atoms with Crippen LogP contribution < -0.4 is 10.1 Å². The van der Waals surface area contributed by atoms with Gasteiger partial charge < -0.3 is 10.1 Å². The molecular formula is C10H13N3O. The summed E-state index contributed by atoms with van der Waals surface area (Å²) in [6.07, 6.45) is 1.57. The Labute approximate surface area is 83.5 Å². The lowest BCUT2D eigenvalue weighted by atomic mass is 10.2. The van der Waals surface area contributed by atoms with Crippen LogP contribution in [0.15, 0.2) is 12.3 Å². The van der Waals surface area contributed by atoms with Crippen LogP contribution in [-0.4, -0.2) is 25.2 Å². The highest BCUT2D eigenvalue weighted by Crippen LogP contribution is 2.13. The van der Waals surface area contributed by atoms with E-state index in [0.717, 1.165) is 12.1 Å². The molecule has 0 spiro atoms. The van der Waals surface area contributed by atoms with Crippen molar-refractivity contribution in [2.24, 2.45) is 0 Å². The van der Waals surface area contributed by atoms with E-state index in [1.807, 2.05) is 26.1 Å². The van der Waals surface area contributed by atoms with Crippen LogP contribution >= 0.6 is 0 Å². The molecule has 4 nitrogen and oxygen atoms in total. The molecule has 1 aromatic rings. The molecular weight excluding hydrogens is 178 g/mol. The summed E-state index contributed by atoms with van der Waals surface area (Å²) in [5.74, 6) is 0.705. The molecule has 1 heterocycles. The van der Waals surface area contributed by atoms with Crippen molar-refractivity contribution in [1.29, 1.82) is 5.26 Å². The van der Waals surface area contributed by atoms with Gasteiger partial charge in [0.1, 0.15) is 24.1 Å². The van der Waals surface area contributed by atoms with E-state index in [0.29, 0.717) is 18.1 Å². The minimum atomic E-state index is 0.450. The second-order valence-corrected chi connectivity index (χ2v) is 2.90. The molecule has 0 aromatic carbocycles. The standard InChI is InChI=1S/C10H13N3O/c1-8-5-9(14-4-3-12-2)7-13-10(8)6-11/h5,7,12H,3-4H2,1-2H3. The molecule has 0 amide bonds. The topological polar surface area (TPSA) is 57.9 Å². The fourth-order valence-corrected chi connectivity index (χ4v) is 1.02. The summed E-state index contributed by atoms with van der Waals surface area (Å²) in [7, 11) is 1.87. The zero-order valence-electron chi connectivity index (χ0n) is 8.37. The Hall–Kier alpha value is -1.60. The molecule has 0 aliphatic rings. The van der Waals surface area contributed by atoms with E-state index >= 15 is 0 Å². The van der Waals surface area contributed by atoms with Gasteiger partial charge in [0.05, 0.1) is 6.20 Å². The van der Waals surface area contributed by atoms with Crippen LogP contribution in [-0.2, 0) is 0 Å². The van der Waals surface area contributed by atoms with E-state index in [-0.39, 0.29) is 0 Å². The van der Waals surface area contributed by atoms with Crippen LogP contribution in [0.1, 0.15) is 11.3 Å². The van der Waals surface area contributed by atoms with Crippen LogP contribution in [0.3, 0.4) is 0 Å². The summed E-state index contributed by atoms with van der Waals surface area (Å²) in [5, 5.41) is 11.6. The average molecular weight is 191 g/mol. The maximum Gasteiger partial charge on any atom is 0.143 e. The number of nitrogens with zero attached hydrogens (tertiary/aromatic N) is 2. The Bertz CT molecular complexity index is 344. The number of ether oxygens (including phenoxy) is 1. The number of aryl methyl sites for hydroxylation is 1. The van der Waals surface area contributed by atoms with E-state index < -0.39 is 0 Å². The quantitative estimate of drug-likeness (QED) is 0.717. The van der Waals surface area contributed by atoms with Gasteiger partial charge in [0, 0.05) is 6.54 Å². The Morgan fingerprint density at radius 2 is 2.43 bits per heavy atom. The van der Waals surface area contributed by atoms with Crippen LogP contribution in [0.5, 0.6) is 5.75 Å². The summed E-state index contributed by atoms with van der Waals surface area (Å²) in [6.45, 7) is 3.24. The van der Waals surface area contributed by atoms with Crippen LogP contribution in [0.25, 0.3) is 0 Å². The van der Waals surface area contributed by atoms with Gasteiger partial charge in [-0.1, -0.05) is 0 Å². The number of hydrogen-bond acceptors (Lipinski definition) is 4. The molecule has 0 bridgehead atoms. The van der Waals surface area contributed by atoms with Crippen molar-refractivity contribution in [3.8, 4) is 11.8 Å². The van der Waals surface area contributed by atoms with Crippen molar-refractivity contribution >= 4 is 0 Å². The van der Waals surface area contributed by atoms with E-state index in [2.05, 4.69) is 10.3 Å². The molecule has 0 aliphatic carbocycles. The van der Waals surface area contributed by atoms with Gasteiger partial charge in [-0.15, -0.1) is 0 Å². The molecule has 1 N–H and O–H groups in total. The first kappa shape index (κ1) is 10.5. The Morgan fingerprint density at radius 3 is 3.00 bits per heavy atom. The molecule has 4 heteroatoms. The SMILES string of the molecule is CNCCOc1cnc(C#N)c(C)c1. The lowest BCUT2D eigenvalue weighted by molar-refractivity contribution is 0.317. The first-order chi connectivity index (χ1) is 6.77.